The fourth-order valence-corrected chi connectivity index (χ4v) is 1.73. The Labute approximate surface area is 128 Å². The van der Waals surface area contributed by atoms with Gasteiger partial charge in [0, 0.05) is 17.0 Å². The molecule has 6 N–H and O–H groups in total. The Kier molecular flexibility index (Phi) is 6.31. The van der Waals surface area contributed by atoms with Crippen molar-refractivity contribution in [2.45, 2.75) is 20.3 Å². The van der Waals surface area contributed by atoms with Crippen molar-refractivity contribution in [3.63, 3.8) is 0 Å². The first-order chi connectivity index (χ1) is 10.4. The largest absolute Gasteiger partial charge is 0.398 e. The smallest absolute Gasteiger partial charge is 0.182 e. The fourth-order valence-electron chi connectivity index (χ4n) is 1.73. The van der Waals surface area contributed by atoms with Gasteiger partial charge in [-0.2, -0.15) is 0 Å². The molecule has 1 aromatic carbocycles. The summed E-state index contributed by atoms with van der Waals surface area (Å²) >= 11 is 0. The van der Waals surface area contributed by atoms with Crippen molar-refractivity contribution in [3.8, 4) is 0 Å². The number of benzene rings is 1. The van der Waals surface area contributed by atoms with Gasteiger partial charge < -0.3 is 16.8 Å². The topological polar surface area (TPSA) is 87.9 Å². The number of amidine groups is 1. The Morgan fingerprint density at radius 3 is 2.55 bits per heavy atom. The van der Waals surface area contributed by atoms with Gasteiger partial charge in [0.15, 0.2) is 11.6 Å². The molecule has 0 unspecified atom stereocenters. The van der Waals surface area contributed by atoms with Gasteiger partial charge in [0.25, 0.3) is 0 Å². The lowest BCUT2D eigenvalue weighted by atomic mass is 10.1. The molecule has 0 aromatic heterocycles. The number of hydrogen-bond acceptors (Lipinski definition) is 3. The molecule has 0 bridgehead atoms. The molecule has 1 rings (SSSR count). The number of rotatable bonds is 6. The lowest BCUT2D eigenvalue weighted by Crippen LogP contribution is -2.18. The van der Waals surface area contributed by atoms with Crippen LogP contribution in [-0.2, 0) is 0 Å². The van der Waals surface area contributed by atoms with Crippen LogP contribution in [0.1, 0.15) is 20.3 Å². The van der Waals surface area contributed by atoms with E-state index in [1.165, 1.54) is 12.1 Å². The van der Waals surface area contributed by atoms with Crippen LogP contribution >= 0.6 is 0 Å². The predicted molar refractivity (Wildman–Crippen MR) is 86.3 cm³/mol. The fraction of sp³-hybridized carbons (Fsp3) is 0.188. The summed E-state index contributed by atoms with van der Waals surface area (Å²) in [6.45, 7) is 3.60. The maximum absolute atomic E-state index is 13.6. The van der Waals surface area contributed by atoms with E-state index >= 15 is 0 Å². The zero-order chi connectivity index (χ0) is 16.7. The minimum absolute atomic E-state index is 0.0311. The van der Waals surface area contributed by atoms with E-state index in [0.29, 0.717) is 23.4 Å². The van der Waals surface area contributed by atoms with E-state index in [9.17, 15) is 8.78 Å². The minimum atomic E-state index is -0.948. The maximum Gasteiger partial charge on any atom is 0.182 e. The molecule has 118 valence electrons. The monoisotopic (exact) mass is 306 g/mol. The second-order valence-corrected chi connectivity index (χ2v) is 4.64. The summed E-state index contributed by atoms with van der Waals surface area (Å²) in [4.78, 5) is 0. The summed E-state index contributed by atoms with van der Waals surface area (Å²) < 4.78 is 26.7. The van der Waals surface area contributed by atoms with Crippen LogP contribution in [0.15, 0.2) is 53.4 Å². The van der Waals surface area contributed by atoms with E-state index in [-0.39, 0.29) is 11.5 Å². The Bertz CT molecular complexity index is 646. The Morgan fingerprint density at radius 1 is 1.27 bits per heavy atom. The number of allylic oxidation sites excluding steroid dienone is 4. The van der Waals surface area contributed by atoms with Crippen molar-refractivity contribution in [1.29, 1.82) is 5.41 Å². The Morgan fingerprint density at radius 2 is 1.95 bits per heavy atom. The number of nitrogens with one attached hydrogen (secondary N) is 2. The maximum atomic E-state index is 13.6. The number of nitrogens with two attached hydrogens (primary N) is 2. The average Bonchev–Trinajstić information content (AvgIpc) is 2.44. The van der Waals surface area contributed by atoms with Crippen molar-refractivity contribution >= 4 is 11.5 Å². The van der Waals surface area contributed by atoms with Crippen molar-refractivity contribution in [3.05, 3.63) is 65.0 Å². The minimum Gasteiger partial charge on any atom is -0.398 e. The van der Waals surface area contributed by atoms with E-state index in [1.807, 2.05) is 6.92 Å². The highest BCUT2D eigenvalue weighted by atomic mass is 19.2. The van der Waals surface area contributed by atoms with Crippen molar-refractivity contribution in [2.75, 3.05) is 5.32 Å². The lowest BCUT2D eigenvalue weighted by Gasteiger charge is -2.08. The van der Waals surface area contributed by atoms with Crippen LogP contribution in [0.2, 0.25) is 0 Å². The third-order valence-electron chi connectivity index (χ3n) is 2.81. The molecule has 6 heteroatoms. The van der Waals surface area contributed by atoms with Crippen LogP contribution in [0.25, 0.3) is 0 Å². The summed E-state index contributed by atoms with van der Waals surface area (Å²) in [6, 6.07) is 3.88. The quantitative estimate of drug-likeness (QED) is 0.369. The zero-order valence-corrected chi connectivity index (χ0v) is 12.6. The van der Waals surface area contributed by atoms with Gasteiger partial charge in [0.05, 0.1) is 5.69 Å². The third-order valence-corrected chi connectivity index (χ3v) is 2.81. The van der Waals surface area contributed by atoms with Crippen LogP contribution in [-0.4, -0.2) is 5.84 Å². The highest BCUT2D eigenvalue weighted by Crippen LogP contribution is 2.18. The molecule has 0 aliphatic heterocycles. The molecule has 0 saturated heterocycles. The summed E-state index contributed by atoms with van der Waals surface area (Å²) in [5.74, 6) is -2.03. The molecular formula is C16H20F2N4. The van der Waals surface area contributed by atoms with Crippen molar-refractivity contribution in [1.82, 2.24) is 0 Å². The van der Waals surface area contributed by atoms with E-state index in [4.69, 9.17) is 16.9 Å². The normalized spacial score (nSPS) is 13.2. The van der Waals surface area contributed by atoms with E-state index in [2.05, 4.69) is 5.32 Å². The van der Waals surface area contributed by atoms with E-state index in [1.54, 1.807) is 25.2 Å². The van der Waals surface area contributed by atoms with Gasteiger partial charge in [-0.25, -0.2) is 8.78 Å². The highest BCUT2D eigenvalue weighted by Gasteiger charge is 2.07. The first-order valence-corrected chi connectivity index (χ1v) is 6.76. The van der Waals surface area contributed by atoms with Gasteiger partial charge in [-0.3, -0.25) is 5.41 Å². The lowest BCUT2D eigenvalue weighted by molar-refractivity contribution is 0.511. The van der Waals surface area contributed by atoms with Gasteiger partial charge in [-0.1, -0.05) is 19.1 Å². The van der Waals surface area contributed by atoms with Gasteiger partial charge in [-0.05, 0) is 37.6 Å². The Balaban J connectivity index is 3.00. The molecule has 0 fully saturated rings. The summed E-state index contributed by atoms with van der Waals surface area (Å²) in [7, 11) is 0. The van der Waals surface area contributed by atoms with Crippen LogP contribution in [0.3, 0.4) is 0 Å². The van der Waals surface area contributed by atoms with Crippen LogP contribution in [0.4, 0.5) is 14.5 Å². The predicted octanol–water partition coefficient (Wildman–Crippen LogP) is 3.40. The molecular weight excluding hydrogens is 286 g/mol. The second-order valence-electron chi connectivity index (χ2n) is 4.64. The zero-order valence-electron chi connectivity index (χ0n) is 12.6. The number of hydrogen-bond donors (Lipinski definition) is 4. The second kappa shape index (κ2) is 7.97. The van der Waals surface area contributed by atoms with Crippen LogP contribution in [0.5, 0.6) is 0 Å². The first-order valence-electron chi connectivity index (χ1n) is 6.76. The van der Waals surface area contributed by atoms with E-state index in [0.717, 1.165) is 6.07 Å². The highest BCUT2D eigenvalue weighted by molar-refractivity contribution is 5.98. The van der Waals surface area contributed by atoms with Gasteiger partial charge >= 0.3 is 0 Å². The van der Waals surface area contributed by atoms with Crippen molar-refractivity contribution in [2.24, 2.45) is 11.5 Å². The molecule has 0 heterocycles. The van der Waals surface area contributed by atoms with Crippen LogP contribution in [0, 0.1) is 17.0 Å². The van der Waals surface area contributed by atoms with Crippen LogP contribution < -0.4 is 16.8 Å². The molecule has 1 aromatic rings. The molecule has 0 radical (unpaired) electrons. The number of halogens is 2. The van der Waals surface area contributed by atoms with Crippen molar-refractivity contribution < 1.29 is 8.78 Å². The average molecular weight is 306 g/mol. The van der Waals surface area contributed by atoms with Gasteiger partial charge in [0.1, 0.15) is 5.84 Å². The summed E-state index contributed by atoms with van der Waals surface area (Å²) in [5, 5.41) is 10.3. The Hall–Kier alpha value is -2.63. The standard InChI is InChI=1S/C16H20F2N4/c1-3-5-13(19)11(16(20)21)9-8-10(2)22-14-7-4-6-12(17)15(14)18/h4-9,22H,3,19H2,1-2H3,(H3,20,21)/b10-8+,11-9+,13-5-. The molecule has 4 nitrogen and oxygen atoms in total. The number of anilines is 1. The van der Waals surface area contributed by atoms with Gasteiger partial charge in [0.2, 0.25) is 0 Å². The summed E-state index contributed by atoms with van der Waals surface area (Å²) in [6.07, 6.45) is 5.61. The molecule has 22 heavy (non-hydrogen) atoms. The van der Waals surface area contributed by atoms with E-state index < -0.39 is 11.6 Å². The first kappa shape index (κ1) is 17.4. The molecule has 0 aliphatic rings. The SMILES string of the molecule is CC/C=C(N)/C(=C\C=C(/C)Nc1cccc(F)c1F)C(=N)N. The van der Waals surface area contributed by atoms with Gasteiger partial charge in [-0.15, -0.1) is 0 Å². The third kappa shape index (κ3) is 4.73. The molecule has 0 saturated carbocycles. The molecule has 0 aliphatic carbocycles. The molecule has 0 amide bonds. The molecule has 0 atom stereocenters. The summed E-state index contributed by atoms with van der Waals surface area (Å²) in [5.41, 5.74) is 12.7. The molecule has 0 spiro atoms.